The monoisotopic (exact) mass is 347 g/mol. The highest BCUT2D eigenvalue weighted by molar-refractivity contribution is 7.13. The van der Waals surface area contributed by atoms with Gasteiger partial charge in [0, 0.05) is 16.0 Å². The van der Waals surface area contributed by atoms with Crippen LogP contribution in [0, 0.1) is 5.82 Å². The predicted octanol–water partition coefficient (Wildman–Crippen LogP) is 4.96. The average molecular weight is 348 g/mol. The summed E-state index contributed by atoms with van der Waals surface area (Å²) in [5, 5.41) is 3.27. The van der Waals surface area contributed by atoms with Crippen LogP contribution in [-0.2, 0) is 11.3 Å². The number of rotatable bonds is 4. The van der Waals surface area contributed by atoms with Gasteiger partial charge in [0.1, 0.15) is 17.4 Å². The number of ether oxygens (including phenoxy) is 1. The smallest absolute Gasteiger partial charge is 0.341 e. The highest BCUT2D eigenvalue weighted by Gasteiger charge is 2.13. The summed E-state index contributed by atoms with van der Waals surface area (Å²) < 4.78 is 18.6. The Hall–Kier alpha value is -2.24. The van der Waals surface area contributed by atoms with Crippen LogP contribution in [0.15, 0.2) is 53.9 Å². The lowest BCUT2D eigenvalue weighted by Crippen LogP contribution is -2.07. The standard InChI is InChI=1S/C17H11ClFNO2S/c18-12-7-5-11(6-8-12)16-20-13(10-23-16)9-22-17(21)14-3-1-2-4-15(14)19/h1-8,10H,9H2. The number of hydrogen-bond donors (Lipinski definition) is 0. The van der Waals surface area contributed by atoms with Gasteiger partial charge in [0.05, 0.1) is 11.3 Å². The molecule has 0 spiro atoms. The van der Waals surface area contributed by atoms with Gasteiger partial charge in [0.25, 0.3) is 0 Å². The van der Waals surface area contributed by atoms with Crippen LogP contribution < -0.4 is 0 Å². The number of nitrogens with zero attached hydrogens (tertiary/aromatic N) is 1. The number of carbonyl (C=O) groups excluding carboxylic acids is 1. The lowest BCUT2D eigenvalue weighted by Gasteiger charge is -2.03. The number of benzene rings is 2. The third-order valence-corrected chi connectivity index (χ3v) is 4.28. The molecule has 0 aliphatic heterocycles. The van der Waals surface area contributed by atoms with Gasteiger partial charge in [-0.1, -0.05) is 35.9 Å². The third kappa shape index (κ3) is 3.75. The fourth-order valence-corrected chi connectivity index (χ4v) is 2.88. The van der Waals surface area contributed by atoms with Gasteiger partial charge >= 0.3 is 5.97 Å². The Kier molecular flexibility index (Phi) is 4.69. The van der Waals surface area contributed by atoms with Gasteiger partial charge < -0.3 is 4.74 Å². The molecule has 3 aromatic rings. The molecule has 2 aromatic carbocycles. The van der Waals surface area contributed by atoms with Crippen LogP contribution in [0.25, 0.3) is 10.6 Å². The van der Waals surface area contributed by atoms with Crippen molar-refractivity contribution in [1.82, 2.24) is 4.98 Å². The molecule has 23 heavy (non-hydrogen) atoms. The van der Waals surface area contributed by atoms with E-state index in [1.54, 1.807) is 23.6 Å². The number of halogens is 2. The first-order chi connectivity index (χ1) is 11.1. The molecule has 1 aromatic heterocycles. The van der Waals surface area contributed by atoms with Crippen LogP contribution >= 0.6 is 22.9 Å². The maximum Gasteiger partial charge on any atom is 0.341 e. The van der Waals surface area contributed by atoms with E-state index < -0.39 is 11.8 Å². The van der Waals surface area contributed by atoms with Crippen molar-refractivity contribution in [3.8, 4) is 10.6 Å². The summed E-state index contributed by atoms with van der Waals surface area (Å²) in [6.45, 7) is -0.00272. The molecule has 3 rings (SSSR count). The van der Waals surface area contributed by atoms with Gasteiger partial charge in [-0.2, -0.15) is 0 Å². The molecule has 0 saturated carbocycles. The summed E-state index contributed by atoms with van der Waals surface area (Å²) in [5.41, 5.74) is 1.47. The predicted molar refractivity (Wildman–Crippen MR) is 88.1 cm³/mol. The van der Waals surface area contributed by atoms with Gasteiger partial charge in [-0.25, -0.2) is 14.2 Å². The second kappa shape index (κ2) is 6.89. The Balaban J connectivity index is 1.67. The molecule has 3 nitrogen and oxygen atoms in total. The van der Waals surface area contributed by atoms with E-state index in [9.17, 15) is 9.18 Å². The van der Waals surface area contributed by atoms with E-state index >= 15 is 0 Å². The zero-order chi connectivity index (χ0) is 16.2. The zero-order valence-corrected chi connectivity index (χ0v) is 13.4. The number of hydrogen-bond acceptors (Lipinski definition) is 4. The summed E-state index contributed by atoms with van der Waals surface area (Å²) in [5.74, 6) is -1.30. The minimum absolute atomic E-state index is 0.00272. The maximum atomic E-state index is 13.5. The fraction of sp³-hybridized carbons (Fsp3) is 0.0588. The third-order valence-electron chi connectivity index (χ3n) is 3.09. The Morgan fingerprint density at radius 2 is 1.91 bits per heavy atom. The maximum absolute atomic E-state index is 13.5. The van der Waals surface area contributed by atoms with Gasteiger partial charge in [-0.05, 0) is 24.3 Å². The highest BCUT2D eigenvalue weighted by atomic mass is 35.5. The first-order valence-corrected chi connectivity index (χ1v) is 8.01. The van der Waals surface area contributed by atoms with Crippen molar-refractivity contribution >= 4 is 28.9 Å². The van der Waals surface area contributed by atoms with Gasteiger partial charge in [0.15, 0.2) is 0 Å². The SMILES string of the molecule is O=C(OCc1csc(-c2ccc(Cl)cc2)n1)c1ccccc1F. The molecule has 0 saturated heterocycles. The molecule has 0 amide bonds. The fourth-order valence-electron chi connectivity index (χ4n) is 1.94. The minimum Gasteiger partial charge on any atom is -0.455 e. The summed E-state index contributed by atoms with van der Waals surface area (Å²) in [7, 11) is 0. The lowest BCUT2D eigenvalue weighted by atomic mass is 10.2. The van der Waals surface area contributed by atoms with E-state index in [1.807, 2.05) is 12.1 Å². The molecule has 0 fully saturated rings. The lowest BCUT2D eigenvalue weighted by molar-refractivity contribution is 0.0463. The van der Waals surface area contributed by atoms with E-state index in [4.69, 9.17) is 16.3 Å². The largest absolute Gasteiger partial charge is 0.455 e. The number of aromatic nitrogens is 1. The van der Waals surface area contributed by atoms with E-state index in [-0.39, 0.29) is 12.2 Å². The molecule has 0 radical (unpaired) electrons. The average Bonchev–Trinajstić information content (AvgIpc) is 3.03. The highest BCUT2D eigenvalue weighted by Crippen LogP contribution is 2.25. The summed E-state index contributed by atoms with van der Waals surface area (Å²) in [6, 6.07) is 13.0. The summed E-state index contributed by atoms with van der Waals surface area (Å²) in [6.07, 6.45) is 0. The van der Waals surface area contributed by atoms with Crippen molar-refractivity contribution in [3.05, 3.63) is 76.0 Å². The second-order valence-corrected chi connectivity index (χ2v) is 6.00. The summed E-state index contributed by atoms with van der Waals surface area (Å²) in [4.78, 5) is 16.3. The molecule has 0 N–H and O–H groups in total. The topological polar surface area (TPSA) is 39.2 Å². The first-order valence-electron chi connectivity index (χ1n) is 6.75. The van der Waals surface area contributed by atoms with Crippen molar-refractivity contribution < 1.29 is 13.9 Å². The van der Waals surface area contributed by atoms with E-state index in [0.717, 1.165) is 10.6 Å². The van der Waals surface area contributed by atoms with Crippen LogP contribution in [0.3, 0.4) is 0 Å². The van der Waals surface area contributed by atoms with Crippen LogP contribution in [0.4, 0.5) is 4.39 Å². The second-order valence-electron chi connectivity index (χ2n) is 4.71. The molecule has 1 heterocycles. The van der Waals surface area contributed by atoms with Crippen LogP contribution in [0.2, 0.25) is 5.02 Å². The Morgan fingerprint density at radius 3 is 2.65 bits per heavy atom. The van der Waals surface area contributed by atoms with Crippen molar-refractivity contribution in [2.45, 2.75) is 6.61 Å². The molecule has 6 heteroatoms. The van der Waals surface area contributed by atoms with E-state index in [0.29, 0.717) is 10.7 Å². The van der Waals surface area contributed by atoms with E-state index in [1.165, 1.54) is 29.5 Å². The van der Waals surface area contributed by atoms with E-state index in [2.05, 4.69) is 4.98 Å². The van der Waals surface area contributed by atoms with Gasteiger partial charge in [0.2, 0.25) is 0 Å². The first kappa shape index (κ1) is 15.6. The molecule has 0 aliphatic rings. The quantitative estimate of drug-likeness (QED) is 0.626. The normalized spacial score (nSPS) is 10.5. The Labute approximate surface area is 141 Å². The van der Waals surface area contributed by atoms with Crippen LogP contribution in [-0.4, -0.2) is 11.0 Å². The molecular formula is C17H11ClFNO2S. The Morgan fingerprint density at radius 1 is 1.17 bits per heavy atom. The molecule has 0 aliphatic carbocycles. The Bertz CT molecular complexity index is 833. The molecular weight excluding hydrogens is 337 g/mol. The molecule has 116 valence electrons. The van der Waals surface area contributed by atoms with Crippen molar-refractivity contribution in [2.75, 3.05) is 0 Å². The molecule has 0 unspecified atom stereocenters. The van der Waals surface area contributed by atoms with Crippen molar-refractivity contribution in [3.63, 3.8) is 0 Å². The van der Waals surface area contributed by atoms with Gasteiger partial charge in [-0.3, -0.25) is 0 Å². The van der Waals surface area contributed by atoms with Crippen LogP contribution in [0.5, 0.6) is 0 Å². The summed E-state index contributed by atoms with van der Waals surface area (Å²) >= 11 is 7.29. The zero-order valence-electron chi connectivity index (χ0n) is 11.8. The number of thiazole rings is 1. The molecule has 0 bridgehead atoms. The van der Waals surface area contributed by atoms with Gasteiger partial charge in [-0.15, -0.1) is 11.3 Å². The number of carbonyl (C=O) groups is 1. The molecule has 0 atom stereocenters. The van der Waals surface area contributed by atoms with Crippen molar-refractivity contribution in [2.24, 2.45) is 0 Å². The van der Waals surface area contributed by atoms with Crippen LogP contribution in [0.1, 0.15) is 16.1 Å². The minimum atomic E-state index is -0.704. The number of esters is 1. The van der Waals surface area contributed by atoms with Crippen molar-refractivity contribution in [1.29, 1.82) is 0 Å².